The first-order chi connectivity index (χ1) is 5.96. The van der Waals surface area contributed by atoms with Crippen LogP contribution in [0.25, 0.3) is 0 Å². The molecule has 0 aliphatic heterocycles. The van der Waals surface area contributed by atoms with Crippen LogP contribution in [-0.2, 0) is 4.79 Å². The molecular formula is C11H20O2. The number of carboxylic acids is 1. The Kier molecular flexibility index (Phi) is 2.99. The van der Waals surface area contributed by atoms with Crippen LogP contribution in [-0.4, -0.2) is 11.1 Å². The summed E-state index contributed by atoms with van der Waals surface area (Å²) in [6.45, 7) is 6.63. The molecule has 0 saturated heterocycles. The lowest BCUT2D eigenvalue weighted by Crippen LogP contribution is -2.33. The fourth-order valence-corrected chi connectivity index (χ4v) is 2.25. The first-order valence-corrected chi connectivity index (χ1v) is 5.18. The van der Waals surface area contributed by atoms with Gasteiger partial charge in [0.05, 0.1) is 5.92 Å². The molecule has 2 unspecified atom stereocenters. The quantitative estimate of drug-likeness (QED) is 0.716. The number of carbonyl (C=O) groups is 1. The van der Waals surface area contributed by atoms with E-state index in [2.05, 4.69) is 20.8 Å². The summed E-state index contributed by atoms with van der Waals surface area (Å²) < 4.78 is 0. The van der Waals surface area contributed by atoms with Crippen molar-refractivity contribution < 1.29 is 9.90 Å². The number of rotatable bonds is 2. The average Bonchev–Trinajstić information content (AvgIpc) is 2.04. The van der Waals surface area contributed by atoms with Crippen LogP contribution in [0.15, 0.2) is 0 Å². The Morgan fingerprint density at radius 1 is 1.54 bits per heavy atom. The van der Waals surface area contributed by atoms with Gasteiger partial charge in [-0.2, -0.15) is 0 Å². The van der Waals surface area contributed by atoms with Gasteiger partial charge < -0.3 is 5.11 Å². The fourth-order valence-electron chi connectivity index (χ4n) is 2.25. The molecule has 1 rings (SSSR count). The van der Waals surface area contributed by atoms with Crippen LogP contribution in [0.5, 0.6) is 0 Å². The SMILES string of the molecule is CC(C)C1(C)CCCC(C(=O)O)C1. The predicted molar refractivity (Wildman–Crippen MR) is 52.5 cm³/mol. The summed E-state index contributed by atoms with van der Waals surface area (Å²) in [6, 6.07) is 0. The van der Waals surface area contributed by atoms with Gasteiger partial charge in [0.15, 0.2) is 0 Å². The molecular weight excluding hydrogens is 164 g/mol. The average molecular weight is 184 g/mol. The van der Waals surface area contributed by atoms with E-state index in [0.717, 1.165) is 19.3 Å². The lowest BCUT2D eigenvalue weighted by atomic mass is 9.65. The lowest BCUT2D eigenvalue weighted by Gasteiger charge is -2.40. The molecule has 1 N–H and O–H groups in total. The van der Waals surface area contributed by atoms with E-state index in [9.17, 15) is 4.79 Å². The van der Waals surface area contributed by atoms with Crippen molar-refractivity contribution in [2.45, 2.75) is 46.5 Å². The molecule has 2 heteroatoms. The Bertz CT molecular complexity index is 198. The highest BCUT2D eigenvalue weighted by Crippen LogP contribution is 2.44. The van der Waals surface area contributed by atoms with Crippen molar-refractivity contribution in [3.63, 3.8) is 0 Å². The first kappa shape index (κ1) is 10.6. The van der Waals surface area contributed by atoms with E-state index in [4.69, 9.17) is 5.11 Å². The number of carboxylic acid groups (broad SMARTS) is 1. The van der Waals surface area contributed by atoms with E-state index in [0.29, 0.717) is 5.92 Å². The topological polar surface area (TPSA) is 37.3 Å². The Morgan fingerprint density at radius 3 is 2.62 bits per heavy atom. The summed E-state index contributed by atoms with van der Waals surface area (Å²) >= 11 is 0. The van der Waals surface area contributed by atoms with Gasteiger partial charge in [-0.05, 0) is 30.6 Å². The Morgan fingerprint density at radius 2 is 2.15 bits per heavy atom. The summed E-state index contributed by atoms with van der Waals surface area (Å²) in [6.07, 6.45) is 4.00. The van der Waals surface area contributed by atoms with Crippen molar-refractivity contribution in [1.29, 1.82) is 0 Å². The monoisotopic (exact) mass is 184 g/mol. The highest BCUT2D eigenvalue weighted by molar-refractivity contribution is 5.70. The van der Waals surface area contributed by atoms with E-state index in [-0.39, 0.29) is 11.3 Å². The molecule has 0 spiro atoms. The zero-order valence-electron chi connectivity index (χ0n) is 8.84. The van der Waals surface area contributed by atoms with Gasteiger partial charge in [0.25, 0.3) is 0 Å². The Balaban J connectivity index is 2.65. The van der Waals surface area contributed by atoms with Crippen molar-refractivity contribution in [3.05, 3.63) is 0 Å². The molecule has 1 aliphatic rings. The molecule has 76 valence electrons. The number of hydrogen-bond acceptors (Lipinski definition) is 1. The molecule has 0 aromatic rings. The summed E-state index contributed by atoms with van der Waals surface area (Å²) in [7, 11) is 0. The van der Waals surface area contributed by atoms with Crippen molar-refractivity contribution in [2.24, 2.45) is 17.3 Å². The third-order valence-electron chi connectivity index (χ3n) is 3.76. The second kappa shape index (κ2) is 3.69. The summed E-state index contributed by atoms with van der Waals surface area (Å²) in [5.41, 5.74) is 0.251. The van der Waals surface area contributed by atoms with Crippen LogP contribution in [0.3, 0.4) is 0 Å². The van der Waals surface area contributed by atoms with E-state index in [1.165, 1.54) is 6.42 Å². The second-order valence-electron chi connectivity index (χ2n) is 4.94. The maximum Gasteiger partial charge on any atom is 0.306 e. The summed E-state index contributed by atoms with van der Waals surface area (Å²) in [5.74, 6) is -0.109. The standard InChI is InChI=1S/C11H20O2/c1-8(2)11(3)6-4-5-9(7-11)10(12)13/h8-9H,4-7H2,1-3H3,(H,12,13). The van der Waals surface area contributed by atoms with Crippen LogP contribution < -0.4 is 0 Å². The lowest BCUT2D eigenvalue weighted by molar-refractivity contribution is -0.144. The zero-order chi connectivity index (χ0) is 10.1. The molecule has 1 aliphatic carbocycles. The molecule has 2 nitrogen and oxygen atoms in total. The van der Waals surface area contributed by atoms with Gasteiger partial charge in [-0.1, -0.05) is 27.2 Å². The van der Waals surface area contributed by atoms with Crippen LogP contribution in [0.1, 0.15) is 46.5 Å². The van der Waals surface area contributed by atoms with Gasteiger partial charge in [0.2, 0.25) is 0 Å². The minimum atomic E-state index is -0.605. The van der Waals surface area contributed by atoms with E-state index < -0.39 is 5.97 Å². The van der Waals surface area contributed by atoms with Crippen molar-refractivity contribution in [3.8, 4) is 0 Å². The van der Waals surface area contributed by atoms with Crippen molar-refractivity contribution in [2.75, 3.05) is 0 Å². The van der Waals surface area contributed by atoms with Gasteiger partial charge in [-0.15, -0.1) is 0 Å². The predicted octanol–water partition coefficient (Wildman–Crippen LogP) is 2.92. The summed E-state index contributed by atoms with van der Waals surface area (Å²) in [5, 5.41) is 8.95. The molecule has 0 bridgehead atoms. The van der Waals surface area contributed by atoms with Gasteiger partial charge in [-0.25, -0.2) is 0 Å². The third kappa shape index (κ3) is 2.23. The van der Waals surface area contributed by atoms with Crippen LogP contribution >= 0.6 is 0 Å². The normalized spacial score (nSPS) is 34.9. The van der Waals surface area contributed by atoms with Crippen LogP contribution in [0, 0.1) is 17.3 Å². The van der Waals surface area contributed by atoms with Gasteiger partial charge in [-0.3, -0.25) is 4.79 Å². The molecule has 0 aromatic heterocycles. The molecule has 1 saturated carbocycles. The highest BCUT2D eigenvalue weighted by Gasteiger charge is 2.37. The maximum absolute atomic E-state index is 10.9. The van der Waals surface area contributed by atoms with Crippen molar-refractivity contribution in [1.82, 2.24) is 0 Å². The van der Waals surface area contributed by atoms with Gasteiger partial charge >= 0.3 is 5.97 Å². The van der Waals surface area contributed by atoms with E-state index >= 15 is 0 Å². The highest BCUT2D eigenvalue weighted by atomic mass is 16.4. The minimum Gasteiger partial charge on any atom is -0.481 e. The Labute approximate surface area is 80.3 Å². The minimum absolute atomic E-state index is 0.0962. The number of aliphatic carboxylic acids is 1. The van der Waals surface area contributed by atoms with Gasteiger partial charge in [0.1, 0.15) is 0 Å². The number of hydrogen-bond donors (Lipinski definition) is 1. The second-order valence-corrected chi connectivity index (χ2v) is 4.94. The third-order valence-corrected chi connectivity index (χ3v) is 3.76. The van der Waals surface area contributed by atoms with Gasteiger partial charge in [0, 0.05) is 0 Å². The molecule has 0 aromatic carbocycles. The van der Waals surface area contributed by atoms with Crippen LogP contribution in [0.4, 0.5) is 0 Å². The van der Waals surface area contributed by atoms with Crippen molar-refractivity contribution >= 4 is 5.97 Å². The largest absolute Gasteiger partial charge is 0.481 e. The molecule has 0 heterocycles. The first-order valence-electron chi connectivity index (χ1n) is 5.18. The smallest absolute Gasteiger partial charge is 0.306 e. The zero-order valence-corrected chi connectivity index (χ0v) is 8.84. The summed E-state index contributed by atoms with van der Waals surface area (Å²) in [4.78, 5) is 10.9. The molecule has 2 atom stereocenters. The van der Waals surface area contributed by atoms with E-state index in [1.54, 1.807) is 0 Å². The molecule has 1 fully saturated rings. The van der Waals surface area contributed by atoms with Crippen LogP contribution in [0.2, 0.25) is 0 Å². The maximum atomic E-state index is 10.9. The Hall–Kier alpha value is -0.530. The molecule has 13 heavy (non-hydrogen) atoms. The molecule has 0 radical (unpaired) electrons. The molecule has 0 amide bonds. The van der Waals surface area contributed by atoms with E-state index in [1.807, 2.05) is 0 Å². The fraction of sp³-hybridized carbons (Fsp3) is 0.909.